The van der Waals surface area contributed by atoms with Gasteiger partial charge in [0.05, 0.1) is 0 Å². The predicted octanol–water partition coefficient (Wildman–Crippen LogP) is 4.44. The fourth-order valence-electron chi connectivity index (χ4n) is 1.64. The van der Waals surface area contributed by atoms with Crippen LogP contribution < -0.4 is 5.32 Å². The van der Waals surface area contributed by atoms with Gasteiger partial charge in [-0.25, -0.2) is 0 Å². The van der Waals surface area contributed by atoms with E-state index in [9.17, 15) is 13.2 Å². The molecule has 1 N–H and O–H groups in total. The number of hydrogen-bond donors (Lipinski definition) is 1. The molecule has 1 aromatic rings. The van der Waals surface area contributed by atoms with E-state index in [4.69, 9.17) is 0 Å². The van der Waals surface area contributed by atoms with E-state index in [0.29, 0.717) is 6.54 Å². The summed E-state index contributed by atoms with van der Waals surface area (Å²) in [5.74, 6) is 0. The van der Waals surface area contributed by atoms with Crippen LogP contribution in [0.2, 0.25) is 0 Å². The van der Waals surface area contributed by atoms with Crippen LogP contribution in [-0.2, 0) is 0 Å². The van der Waals surface area contributed by atoms with E-state index in [1.54, 1.807) is 0 Å². The molecule has 0 saturated carbocycles. The minimum Gasteiger partial charge on any atom is -0.310 e. The molecule has 0 spiro atoms. The van der Waals surface area contributed by atoms with Crippen molar-refractivity contribution < 1.29 is 13.2 Å². The summed E-state index contributed by atoms with van der Waals surface area (Å²) in [5, 5.41) is 3.08. The molecule has 0 amide bonds. The summed E-state index contributed by atoms with van der Waals surface area (Å²) in [5.41, 5.74) is 0.888. The molecule has 0 fully saturated rings. The topological polar surface area (TPSA) is 12.0 Å². The van der Waals surface area contributed by atoms with Gasteiger partial charge in [-0.05, 0) is 30.7 Å². The Balaban J connectivity index is 2.68. The fourth-order valence-corrected chi connectivity index (χ4v) is 1.90. The van der Waals surface area contributed by atoms with Crippen molar-refractivity contribution in [1.82, 2.24) is 5.32 Å². The van der Waals surface area contributed by atoms with Crippen LogP contribution >= 0.6 is 15.9 Å². The van der Waals surface area contributed by atoms with Crippen LogP contribution in [0.25, 0.3) is 0 Å². The van der Waals surface area contributed by atoms with Crippen LogP contribution in [0.3, 0.4) is 0 Å². The van der Waals surface area contributed by atoms with E-state index in [-0.39, 0.29) is 12.5 Å². The molecule has 0 aliphatic carbocycles. The average molecular weight is 310 g/mol. The van der Waals surface area contributed by atoms with E-state index >= 15 is 0 Å². The molecule has 0 bridgehead atoms. The molecule has 5 heteroatoms. The van der Waals surface area contributed by atoms with Crippen LogP contribution in [-0.4, -0.2) is 12.7 Å². The number of halogens is 4. The van der Waals surface area contributed by atoms with Crippen molar-refractivity contribution in [1.29, 1.82) is 0 Å². The number of hydrogen-bond acceptors (Lipinski definition) is 1. The quantitative estimate of drug-likeness (QED) is 0.847. The monoisotopic (exact) mass is 309 g/mol. The van der Waals surface area contributed by atoms with Crippen molar-refractivity contribution in [2.75, 3.05) is 6.54 Å². The Bertz CT molecular complexity index is 335. The third-order valence-electron chi connectivity index (χ3n) is 2.44. The second-order valence-electron chi connectivity index (χ2n) is 3.82. The third-order valence-corrected chi connectivity index (χ3v) is 2.97. The van der Waals surface area contributed by atoms with Crippen molar-refractivity contribution in [2.24, 2.45) is 0 Å². The van der Waals surface area contributed by atoms with Crippen LogP contribution in [0.1, 0.15) is 31.4 Å². The van der Waals surface area contributed by atoms with Crippen molar-refractivity contribution >= 4 is 15.9 Å². The second-order valence-corrected chi connectivity index (χ2v) is 4.73. The van der Waals surface area contributed by atoms with Gasteiger partial charge in [0.2, 0.25) is 0 Å². The fraction of sp³-hybridized carbons (Fsp3) is 0.500. The van der Waals surface area contributed by atoms with Gasteiger partial charge in [-0.2, -0.15) is 13.2 Å². The molecule has 0 saturated heterocycles. The first-order valence-electron chi connectivity index (χ1n) is 5.48. The van der Waals surface area contributed by atoms with Gasteiger partial charge in [0.15, 0.2) is 0 Å². The molecule has 1 nitrogen and oxygen atoms in total. The van der Waals surface area contributed by atoms with Gasteiger partial charge >= 0.3 is 6.18 Å². The van der Waals surface area contributed by atoms with Gasteiger partial charge < -0.3 is 5.32 Å². The lowest BCUT2D eigenvalue weighted by atomic mass is 10.0. The number of rotatable bonds is 5. The third kappa shape index (κ3) is 5.55. The van der Waals surface area contributed by atoms with Crippen LogP contribution in [0.4, 0.5) is 13.2 Å². The smallest absolute Gasteiger partial charge is 0.310 e. The van der Waals surface area contributed by atoms with Crippen molar-refractivity contribution in [2.45, 2.75) is 32.0 Å². The summed E-state index contributed by atoms with van der Waals surface area (Å²) in [6, 6.07) is 7.12. The molecule has 0 heterocycles. The Morgan fingerprint density at radius 2 is 1.82 bits per heavy atom. The molecule has 1 aromatic carbocycles. The van der Waals surface area contributed by atoms with E-state index in [1.165, 1.54) is 0 Å². The Labute approximate surface area is 108 Å². The maximum atomic E-state index is 12.2. The first kappa shape index (κ1) is 14.5. The first-order valence-corrected chi connectivity index (χ1v) is 6.27. The Hall–Kier alpha value is -0.550. The highest BCUT2D eigenvalue weighted by Crippen LogP contribution is 2.28. The van der Waals surface area contributed by atoms with E-state index < -0.39 is 12.6 Å². The SMILES string of the molecule is CCNC(CCC(F)(F)F)c1ccc(Br)cc1. The number of benzene rings is 1. The lowest BCUT2D eigenvalue weighted by Gasteiger charge is -2.19. The van der Waals surface area contributed by atoms with Gasteiger partial charge in [-0.3, -0.25) is 0 Å². The van der Waals surface area contributed by atoms with Gasteiger partial charge in [0, 0.05) is 16.9 Å². The highest BCUT2D eigenvalue weighted by atomic mass is 79.9. The first-order chi connectivity index (χ1) is 7.92. The summed E-state index contributed by atoms with van der Waals surface area (Å²) >= 11 is 3.30. The Morgan fingerprint density at radius 1 is 1.24 bits per heavy atom. The van der Waals surface area contributed by atoms with Crippen molar-refractivity contribution in [3.05, 3.63) is 34.3 Å². The standard InChI is InChI=1S/C12H15BrF3N/c1-2-17-11(7-8-12(14,15)16)9-3-5-10(13)6-4-9/h3-6,11,17H,2,7-8H2,1H3. The van der Waals surface area contributed by atoms with Crippen molar-refractivity contribution in [3.8, 4) is 0 Å². The molecule has 0 aliphatic heterocycles. The van der Waals surface area contributed by atoms with E-state index in [2.05, 4.69) is 21.2 Å². The maximum absolute atomic E-state index is 12.2. The lowest BCUT2D eigenvalue weighted by Crippen LogP contribution is -2.23. The molecule has 1 atom stereocenters. The molecule has 0 radical (unpaired) electrons. The maximum Gasteiger partial charge on any atom is 0.389 e. The molecule has 96 valence electrons. The van der Waals surface area contributed by atoms with Crippen LogP contribution in [0.15, 0.2) is 28.7 Å². The number of nitrogens with one attached hydrogen (secondary N) is 1. The van der Waals surface area contributed by atoms with E-state index in [0.717, 1.165) is 10.0 Å². The number of alkyl halides is 3. The molecule has 0 aromatic heterocycles. The normalized spacial score (nSPS) is 13.7. The summed E-state index contributed by atoms with van der Waals surface area (Å²) in [6.07, 6.45) is -4.79. The average Bonchev–Trinajstić information content (AvgIpc) is 2.24. The van der Waals surface area contributed by atoms with Gasteiger partial charge in [0.25, 0.3) is 0 Å². The van der Waals surface area contributed by atoms with Gasteiger partial charge in [-0.1, -0.05) is 35.0 Å². The Morgan fingerprint density at radius 3 is 2.29 bits per heavy atom. The summed E-state index contributed by atoms with van der Waals surface area (Å²) in [6.45, 7) is 2.54. The minimum atomic E-state index is -4.09. The second kappa shape index (κ2) is 6.40. The highest BCUT2D eigenvalue weighted by molar-refractivity contribution is 9.10. The molecule has 0 aliphatic rings. The van der Waals surface area contributed by atoms with E-state index in [1.807, 2.05) is 31.2 Å². The lowest BCUT2D eigenvalue weighted by molar-refractivity contribution is -0.136. The molecular formula is C12H15BrF3N. The van der Waals surface area contributed by atoms with Gasteiger partial charge in [-0.15, -0.1) is 0 Å². The zero-order valence-corrected chi connectivity index (χ0v) is 11.1. The summed E-state index contributed by atoms with van der Waals surface area (Å²) in [4.78, 5) is 0. The molecular weight excluding hydrogens is 295 g/mol. The zero-order valence-electron chi connectivity index (χ0n) is 9.52. The van der Waals surface area contributed by atoms with Gasteiger partial charge in [0.1, 0.15) is 0 Å². The van der Waals surface area contributed by atoms with Crippen LogP contribution in [0, 0.1) is 0 Å². The van der Waals surface area contributed by atoms with Crippen molar-refractivity contribution in [3.63, 3.8) is 0 Å². The minimum absolute atomic E-state index is 0.0684. The largest absolute Gasteiger partial charge is 0.389 e. The molecule has 1 unspecified atom stereocenters. The summed E-state index contributed by atoms with van der Waals surface area (Å²) in [7, 11) is 0. The van der Waals surface area contributed by atoms with Crippen LogP contribution in [0.5, 0.6) is 0 Å². The Kier molecular flexibility index (Phi) is 5.46. The molecule has 1 rings (SSSR count). The summed E-state index contributed by atoms with van der Waals surface area (Å²) < 4.78 is 37.5. The zero-order chi connectivity index (χ0) is 12.9. The highest BCUT2D eigenvalue weighted by Gasteiger charge is 2.28. The molecule has 17 heavy (non-hydrogen) atoms. The predicted molar refractivity (Wildman–Crippen MR) is 65.8 cm³/mol.